The lowest BCUT2D eigenvalue weighted by atomic mass is 10.0. The molecule has 2 aliphatic heterocycles. The molecule has 0 radical (unpaired) electrons. The topological polar surface area (TPSA) is 66.9 Å². The van der Waals surface area contributed by atoms with E-state index in [9.17, 15) is 13.2 Å². The fraction of sp³-hybridized carbons (Fsp3) is 0.350. The summed E-state index contributed by atoms with van der Waals surface area (Å²) in [6.45, 7) is 2.56. The van der Waals surface area contributed by atoms with Crippen LogP contribution in [0.1, 0.15) is 24.0 Å². The summed E-state index contributed by atoms with van der Waals surface area (Å²) in [7, 11) is -3.70. The molecule has 0 N–H and O–H groups in total. The standard InChI is InChI=1S/C20H20Cl2N2O4S/c1-13-10-16(21)17(22)11-19(13)29(26,27)23-8-6-15(7-9-23)24-18-5-3-2-4-14(18)12-28-20(24)25/h2-5,10-11,15H,6-9,12H2,1H3. The summed E-state index contributed by atoms with van der Waals surface area (Å²) in [6, 6.07) is 10.5. The Morgan fingerprint density at radius 1 is 1.07 bits per heavy atom. The molecule has 0 spiro atoms. The number of fused-ring (bicyclic) bond motifs is 1. The van der Waals surface area contributed by atoms with Gasteiger partial charge in [-0.3, -0.25) is 4.90 Å². The van der Waals surface area contributed by atoms with Crippen molar-refractivity contribution in [1.82, 2.24) is 4.31 Å². The smallest absolute Gasteiger partial charge is 0.414 e. The van der Waals surface area contributed by atoms with Crippen molar-refractivity contribution < 1.29 is 17.9 Å². The number of para-hydroxylation sites is 1. The lowest BCUT2D eigenvalue weighted by molar-refractivity contribution is 0.136. The van der Waals surface area contributed by atoms with E-state index in [2.05, 4.69) is 0 Å². The first-order valence-corrected chi connectivity index (χ1v) is 11.5. The highest BCUT2D eigenvalue weighted by Crippen LogP contribution is 2.34. The number of anilines is 1. The van der Waals surface area contributed by atoms with Gasteiger partial charge in [-0.25, -0.2) is 13.2 Å². The number of rotatable bonds is 3. The second kappa shape index (κ2) is 7.80. The molecule has 0 aromatic heterocycles. The molecular weight excluding hydrogens is 435 g/mol. The van der Waals surface area contributed by atoms with Crippen molar-refractivity contribution in [3.63, 3.8) is 0 Å². The van der Waals surface area contributed by atoms with Gasteiger partial charge in [-0.05, 0) is 43.5 Å². The largest absolute Gasteiger partial charge is 0.444 e. The minimum Gasteiger partial charge on any atom is -0.444 e. The van der Waals surface area contributed by atoms with Crippen LogP contribution in [-0.4, -0.2) is 37.9 Å². The molecule has 2 aromatic rings. The van der Waals surface area contributed by atoms with Gasteiger partial charge in [-0.2, -0.15) is 4.31 Å². The van der Waals surface area contributed by atoms with Gasteiger partial charge in [0.25, 0.3) is 0 Å². The molecule has 0 atom stereocenters. The third kappa shape index (κ3) is 3.72. The number of piperidine rings is 1. The van der Waals surface area contributed by atoms with Crippen LogP contribution in [0.3, 0.4) is 0 Å². The van der Waals surface area contributed by atoms with Crippen LogP contribution in [-0.2, 0) is 21.4 Å². The highest BCUT2D eigenvalue weighted by molar-refractivity contribution is 7.89. The molecule has 2 aromatic carbocycles. The summed E-state index contributed by atoms with van der Waals surface area (Å²) in [5.74, 6) is 0. The van der Waals surface area contributed by atoms with Gasteiger partial charge in [0.2, 0.25) is 10.0 Å². The number of nitrogens with zero attached hydrogens (tertiary/aromatic N) is 2. The average Bonchev–Trinajstić information content (AvgIpc) is 2.70. The molecule has 2 aliphatic rings. The number of hydrogen-bond donors (Lipinski definition) is 0. The van der Waals surface area contributed by atoms with Crippen molar-refractivity contribution in [2.24, 2.45) is 0 Å². The zero-order valence-corrected chi connectivity index (χ0v) is 18.1. The average molecular weight is 455 g/mol. The number of carbonyl (C=O) groups is 1. The predicted molar refractivity (Wildman–Crippen MR) is 112 cm³/mol. The second-order valence-corrected chi connectivity index (χ2v) is 9.94. The van der Waals surface area contributed by atoms with Crippen LogP contribution < -0.4 is 4.90 Å². The molecule has 0 bridgehead atoms. The van der Waals surface area contributed by atoms with E-state index in [0.717, 1.165) is 11.3 Å². The first-order chi connectivity index (χ1) is 13.8. The van der Waals surface area contributed by atoms with Crippen LogP contribution in [0.25, 0.3) is 0 Å². The summed E-state index contributed by atoms with van der Waals surface area (Å²) < 4.78 is 33.0. The Morgan fingerprint density at radius 3 is 2.45 bits per heavy atom. The second-order valence-electron chi connectivity index (χ2n) is 7.22. The van der Waals surface area contributed by atoms with Crippen molar-refractivity contribution in [3.05, 3.63) is 57.6 Å². The Labute approximate surface area is 180 Å². The summed E-state index contributed by atoms with van der Waals surface area (Å²) in [5, 5.41) is 0.530. The number of aryl methyl sites for hydroxylation is 1. The minimum absolute atomic E-state index is 0.120. The van der Waals surface area contributed by atoms with Crippen molar-refractivity contribution in [2.75, 3.05) is 18.0 Å². The van der Waals surface area contributed by atoms with Gasteiger partial charge in [0.1, 0.15) is 6.61 Å². The van der Waals surface area contributed by atoms with E-state index in [0.29, 0.717) is 36.5 Å². The van der Waals surface area contributed by atoms with Gasteiger partial charge >= 0.3 is 6.09 Å². The van der Waals surface area contributed by atoms with Gasteiger partial charge in [-0.15, -0.1) is 0 Å². The number of benzene rings is 2. The number of hydrogen-bond acceptors (Lipinski definition) is 4. The molecule has 9 heteroatoms. The molecule has 1 fully saturated rings. The van der Waals surface area contributed by atoms with E-state index < -0.39 is 10.0 Å². The number of sulfonamides is 1. The molecule has 1 amide bonds. The van der Waals surface area contributed by atoms with Crippen molar-refractivity contribution in [1.29, 1.82) is 0 Å². The predicted octanol–water partition coefficient (Wildman–Crippen LogP) is 4.61. The first kappa shape index (κ1) is 20.5. The third-order valence-electron chi connectivity index (χ3n) is 5.42. The molecule has 0 unspecified atom stereocenters. The van der Waals surface area contributed by atoms with Crippen LogP contribution in [0.2, 0.25) is 10.0 Å². The highest BCUT2D eigenvalue weighted by atomic mass is 35.5. The molecule has 6 nitrogen and oxygen atoms in total. The van der Waals surface area contributed by atoms with Gasteiger partial charge in [0, 0.05) is 24.7 Å². The van der Waals surface area contributed by atoms with E-state index in [4.69, 9.17) is 27.9 Å². The zero-order valence-electron chi connectivity index (χ0n) is 15.8. The summed E-state index contributed by atoms with van der Waals surface area (Å²) in [4.78, 5) is 14.2. The minimum atomic E-state index is -3.70. The fourth-order valence-electron chi connectivity index (χ4n) is 3.91. The van der Waals surface area contributed by atoms with E-state index in [1.165, 1.54) is 10.4 Å². The Morgan fingerprint density at radius 2 is 1.72 bits per heavy atom. The molecule has 0 aliphatic carbocycles. The summed E-state index contributed by atoms with van der Waals surface area (Å²) >= 11 is 12.0. The van der Waals surface area contributed by atoms with Crippen molar-refractivity contribution in [2.45, 2.75) is 37.3 Å². The third-order valence-corrected chi connectivity index (χ3v) is 8.19. The molecule has 154 valence electrons. The maximum Gasteiger partial charge on any atom is 0.414 e. The summed E-state index contributed by atoms with van der Waals surface area (Å²) in [5.41, 5.74) is 2.34. The van der Waals surface area contributed by atoms with Crippen LogP contribution in [0.4, 0.5) is 10.5 Å². The maximum atomic E-state index is 13.1. The Bertz CT molecular complexity index is 1070. The molecule has 2 heterocycles. The van der Waals surface area contributed by atoms with Crippen LogP contribution in [0, 0.1) is 6.92 Å². The number of halogens is 2. The zero-order chi connectivity index (χ0) is 20.8. The Balaban J connectivity index is 1.54. The molecule has 0 saturated carbocycles. The van der Waals surface area contributed by atoms with Crippen LogP contribution >= 0.6 is 23.2 Å². The monoisotopic (exact) mass is 454 g/mol. The van der Waals surface area contributed by atoms with Gasteiger partial charge in [-0.1, -0.05) is 41.4 Å². The highest BCUT2D eigenvalue weighted by Gasteiger charge is 2.37. The van der Waals surface area contributed by atoms with Crippen molar-refractivity contribution >= 4 is 45.0 Å². The van der Waals surface area contributed by atoms with E-state index in [-0.39, 0.29) is 28.7 Å². The summed E-state index contributed by atoms with van der Waals surface area (Å²) in [6.07, 6.45) is 0.650. The van der Waals surface area contributed by atoms with Crippen LogP contribution in [0.15, 0.2) is 41.3 Å². The van der Waals surface area contributed by atoms with E-state index in [1.807, 2.05) is 24.3 Å². The number of carbonyl (C=O) groups excluding carboxylic acids is 1. The number of ether oxygens (including phenoxy) is 1. The van der Waals surface area contributed by atoms with Gasteiger partial charge in [0.15, 0.2) is 0 Å². The van der Waals surface area contributed by atoms with Crippen LogP contribution in [0.5, 0.6) is 0 Å². The molecule has 1 saturated heterocycles. The quantitative estimate of drug-likeness (QED) is 0.678. The number of cyclic esters (lactones) is 1. The SMILES string of the molecule is Cc1cc(Cl)c(Cl)cc1S(=O)(=O)N1CCC(N2C(=O)OCc3ccccc32)CC1. The maximum absolute atomic E-state index is 13.1. The Kier molecular flexibility index (Phi) is 5.50. The first-order valence-electron chi connectivity index (χ1n) is 9.28. The molecular formula is C20H20Cl2N2O4S. The molecule has 4 rings (SSSR count). The van der Waals surface area contributed by atoms with E-state index in [1.54, 1.807) is 17.9 Å². The van der Waals surface area contributed by atoms with E-state index >= 15 is 0 Å². The van der Waals surface area contributed by atoms with Gasteiger partial charge in [0.05, 0.1) is 20.6 Å². The van der Waals surface area contributed by atoms with Gasteiger partial charge < -0.3 is 4.74 Å². The number of amides is 1. The van der Waals surface area contributed by atoms with Crippen molar-refractivity contribution in [3.8, 4) is 0 Å². The lowest BCUT2D eigenvalue weighted by Gasteiger charge is -2.39. The normalized spacial score (nSPS) is 18.4. The Hall–Kier alpha value is -1.80. The lowest BCUT2D eigenvalue weighted by Crippen LogP contribution is -2.50. The molecule has 29 heavy (non-hydrogen) atoms. The fourth-order valence-corrected chi connectivity index (χ4v) is 6.06.